The lowest BCUT2D eigenvalue weighted by Crippen LogP contribution is -2.34. The zero-order valence-corrected chi connectivity index (χ0v) is 18.2. The van der Waals surface area contributed by atoms with E-state index < -0.39 is 18.0 Å². The standard InChI is InChI=1S/C21H22FN9O2/c1-10-5-24-20(32)15-8-27-31-17(23)16(12-6-26-30(3)9-12)18(29-19(15)31)28-11(2)14-4-13(22)7-25-21(14)33-10/h4,6-11H,5,23H2,1-3H3,(H,24,32)(H,28,29). The third-order valence-electron chi connectivity index (χ3n) is 5.45. The predicted octanol–water partition coefficient (Wildman–Crippen LogP) is 1.93. The maximum absolute atomic E-state index is 14.1. The smallest absolute Gasteiger partial charge is 0.256 e. The van der Waals surface area contributed by atoms with E-state index in [9.17, 15) is 9.18 Å². The summed E-state index contributed by atoms with van der Waals surface area (Å²) in [5, 5.41) is 14.6. The van der Waals surface area contributed by atoms with E-state index in [2.05, 4.69) is 25.8 Å². The number of hydrogen-bond acceptors (Lipinski definition) is 8. The van der Waals surface area contributed by atoms with Gasteiger partial charge in [0.15, 0.2) is 5.65 Å². The molecule has 4 aromatic heterocycles. The predicted molar refractivity (Wildman–Crippen MR) is 118 cm³/mol. The van der Waals surface area contributed by atoms with Crippen LogP contribution < -0.4 is 21.1 Å². The molecule has 12 heteroatoms. The molecule has 5 heterocycles. The molecule has 33 heavy (non-hydrogen) atoms. The molecular formula is C21H22FN9O2. The minimum atomic E-state index is -0.496. The average Bonchev–Trinajstić information content (AvgIpc) is 3.39. The quantitative estimate of drug-likeness (QED) is 0.399. The van der Waals surface area contributed by atoms with E-state index >= 15 is 0 Å². The number of anilines is 2. The number of ether oxygens (including phenoxy) is 1. The number of nitrogens with two attached hydrogens (primary N) is 1. The van der Waals surface area contributed by atoms with Crippen LogP contribution in [0.4, 0.5) is 16.0 Å². The fourth-order valence-corrected chi connectivity index (χ4v) is 3.81. The van der Waals surface area contributed by atoms with Crippen molar-refractivity contribution >= 4 is 23.2 Å². The van der Waals surface area contributed by atoms with E-state index in [0.29, 0.717) is 22.5 Å². The fraction of sp³-hybridized carbons (Fsp3) is 0.286. The maximum Gasteiger partial charge on any atom is 0.256 e. The van der Waals surface area contributed by atoms with Crippen LogP contribution in [0.3, 0.4) is 0 Å². The second-order valence-corrected chi connectivity index (χ2v) is 7.97. The summed E-state index contributed by atoms with van der Waals surface area (Å²) in [5.74, 6) is 0.0607. The molecule has 170 valence electrons. The van der Waals surface area contributed by atoms with Gasteiger partial charge >= 0.3 is 0 Å². The molecule has 2 atom stereocenters. The monoisotopic (exact) mass is 451 g/mol. The summed E-state index contributed by atoms with van der Waals surface area (Å²) in [7, 11) is 1.79. The molecular weight excluding hydrogens is 429 g/mol. The number of nitrogens with one attached hydrogen (secondary N) is 2. The number of nitrogen functional groups attached to an aromatic ring is 1. The summed E-state index contributed by atoms with van der Waals surface area (Å²) in [6, 6.07) is 0.900. The highest BCUT2D eigenvalue weighted by atomic mass is 19.1. The summed E-state index contributed by atoms with van der Waals surface area (Å²) in [6.07, 6.45) is 5.54. The minimum absolute atomic E-state index is 0.201. The summed E-state index contributed by atoms with van der Waals surface area (Å²) < 4.78 is 23.1. The molecule has 0 fully saturated rings. The molecule has 0 radical (unpaired) electrons. The van der Waals surface area contributed by atoms with E-state index in [4.69, 9.17) is 15.5 Å². The number of nitrogens with zero attached hydrogens (tertiary/aromatic N) is 6. The van der Waals surface area contributed by atoms with Gasteiger partial charge in [-0.2, -0.15) is 14.7 Å². The molecule has 4 N–H and O–H groups in total. The van der Waals surface area contributed by atoms with Crippen molar-refractivity contribution in [1.29, 1.82) is 0 Å². The van der Waals surface area contributed by atoms with Crippen LogP contribution >= 0.6 is 0 Å². The van der Waals surface area contributed by atoms with Gasteiger partial charge in [-0.15, -0.1) is 0 Å². The van der Waals surface area contributed by atoms with Crippen LogP contribution in [0.15, 0.2) is 30.9 Å². The highest BCUT2D eigenvalue weighted by molar-refractivity contribution is 6.01. The lowest BCUT2D eigenvalue weighted by molar-refractivity contribution is 0.0932. The molecule has 2 unspecified atom stereocenters. The Hall–Kier alpha value is -4.22. The van der Waals surface area contributed by atoms with Crippen molar-refractivity contribution < 1.29 is 13.9 Å². The van der Waals surface area contributed by atoms with Gasteiger partial charge in [0.05, 0.1) is 36.7 Å². The summed E-state index contributed by atoms with van der Waals surface area (Å²) >= 11 is 0. The number of amides is 1. The molecule has 0 saturated heterocycles. The number of aryl methyl sites for hydroxylation is 1. The SMILES string of the molecule is CC1CNC(=O)c2cnn3c(N)c(-c4cnn(C)c4)c(nc23)NC(C)c2cc(F)cnc2O1. The zero-order valence-electron chi connectivity index (χ0n) is 18.2. The van der Waals surface area contributed by atoms with Gasteiger partial charge in [-0.05, 0) is 19.9 Å². The van der Waals surface area contributed by atoms with E-state index in [0.717, 1.165) is 6.20 Å². The lowest BCUT2D eigenvalue weighted by Gasteiger charge is -2.22. The molecule has 11 nitrogen and oxygen atoms in total. The van der Waals surface area contributed by atoms with Gasteiger partial charge in [-0.3, -0.25) is 9.48 Å². The number of fused-ring (bicyclic) bond motifs is 2. The fourth-order valence-electron chi connectivity index (χ4n) is 3.81. The Bertz CT molecular complexity index is 1380. The molecule has 5 rings (SSSR count). The van der Waals surface area contributed by atoms with Crippen LogP contribution in [0.25, 0.3) is 16.8 Å². The number of rotatable bonds is 1. The minimum Gasteiger partial charge on any atom is -0.473 e. The van der Waals surface area contributed by atoms with Crippen LogP contribution in [-0.4, -0.2) is 47.9 Å². The molecule has 0 saturated carbocycles. The van der Waals surface area contributed by atoms with Crippen molar-refractivity contribution in [2.45, 2.75) is 26.0 Å². The van der Waals surface area contributed by atoms with Gasteiger partial charge in [-0.1, -0.05) is 0 Å². The van der Waals surface area contributed by atoms with Gasteiger partial charge in [0.25, 0.3) is 5.91 Å². The van der Waals surface area contributed by atoms with Crippen LogP contribution in [0.5, 0.6) is 5.88 Å². The van der Waals surface area contributed by atoms with Crippen LogP contribution in [0.2, 0.25) is 0 Å². The molecule has 1 aliphatic heterocycles. The summed E-state index contributed by atoms with van der Waals surface area (Å²) in [6.45, 7) is 3.83. The van der Waals surface area contributed by atoms with E-state index in [-0.39, 0.29) is 35.4 Å². The van der Waals surface area contributed by atoms with Crippen molar-refractivity contribution in [3.05, 3.63) is 47.8 Å². The zero-order chi connectivity index (χ0) is 23.3. The van der Waals surface area contributed by atoms with E-state index in [1.54, 1.807) is 31.0 Å². The highest BCUT2D eigenvalue weighted by Gasteiger charge is 2.25. The lowest BCUT2D eigenvalue weighted by atomic mass is 10.1. The normalized spacial score (nSPS) is 18.5. The number of halogens is 1. The van der Waals surface area contributed by atoms with Gasteiger partial charge < -0.3 is 21.1 Å². The molecule has 4 aromatic rings. The molecule has 0 spiro atoms. The molecule has 0 aliphatic carbocycles. The Morgan fingerprint density at radius 3 is 2.82 bits per heavy atom. The Morgan fingerprint density at radius 2 is 2.06 bits per heavy atom. The first-order valence-corrected chi connectivity index (χ1v) is 10.3. The van der Waals surface area contributed by atoms with E-state index in [1.807, 2.05) is 6.92 Å². The average molecular weight is 451 g/mol. The van der Waals surface area contributed by atoms with Crippen molar-refractivity contribution in [3.63, 3.8) is 0 Å². The number of carbonyl (C=O) groups excluding carboxylic acids is 1. The second kappa shape index (κ2) is 7.73. The van der Waals surface area contributed by atoms with Crippen LogP contribution in [0, 0.1) is 5.82 Å². The number of carbonyl (C=O) groups is 1. The first-order valence-electron chi connectivity index (χ1n) is 10.3. The van der Waals surface area contributed by atoms with Crippen molar-refractivity contribution in [3.8, 4) is 17.0 Å². The molecule has 1 amide bonds. The molecule has 1 aliphatic rings. The number of pyridine rings is 1. The first-order chi connectivity index (χ1) is 15.8. The van der Waals surface area contributed by atoms with Gasteiger partial charge in [0, 0.05) is 24.4 Å². The van der Waals surface area contributed by atoms with Gasteiger partial charge in [-0.25, -0.2) is 14.4 Å². The van der Waals surface area contributed by atoms with Crippen molar-refractivity contribution in [1.82, 2.24) is 34.7 Å². The second-order valence-electron chi connectivity index (χ2n) is 7.97. The Labute approximate surface area is 187 Å². The van der Waals surface area contributed by atoms with Crippen molar-refractivity contribution in [2.24, 2.45) is 7.05 Å². The highest BCUT2D eigenvalue weighted by Crippen LogP contribution is 2.36. The summed E-state index contributed by atoms with van der Waals surface area (Å²) in [5.41, 5.74) is 8.81. The van der Waals surface area contributed by atoms with Gasteiger partial charge in [0.2, 0.25) is 5.88 Å². The number of hydrogen-bond donors (Lipinski definition) is 3. The topological polar surface area (TPSA) is 137 Å². The largest absolute Gasteiger partial charge is 0.473 e. The van der Waals surface area contributed by atoms with Crippen LogP contribution in [-0.2, 0) is 7.05 Å². The van der Waals surface area contributed by atoms with Crippen molar-refractivity contribution in [2.75, 3.05) is 17.6 Å². The molecule has 2 bridgehead atoms. The molecule has 0 aromatic carbocycles. The van der Waals surface area contributed by atoms with Gasteiger partial charge in [0.1, 0.15) is 29.1 Å². The third-order valence-corrected chi connectivity index (χ3v) is 5.45. The summed E-state index contributed by atoms with van der Waals surface area (Å²) in [4.78, 5) is 21.7. The Balaban J connectivity index is 1.75. The third kappa shape index (κ3) is 3.58. The number of aromatic nitrogens is 6. The van der Waals surface area contributed by atoms with Crippen LogP contribution in [0.1, 0.15) is 35.8 Å². The first kappa shape index (κ1) is 20.7. The van der Waals surface area contributed by atoms with E-state index in [1.165, 1.54) is 16.8 Å². The Morgan fingerprint density at radius 1 is 1.24 bits per heavy atom. The maximum atomic E-state index is 14.1. The Kier molecular flexibility index (Phi) is 4.84.